The summed E-state index contributed by atoms with van der Waals surface area (Å²) in [5, 5.41) is 11.5. The second-order valence-corrected chi connectivity index (χ2v) is 9.30. The quantitative estimate of drug-likeness (QED) is 0.684. The second-order valence-electron chi connectivity index (χ2n) is 8.09. The first-order valence-corrected chi connectivity index (χ1v) is 11.4. The number of piperidine rings is 1. The molecule has 4 rings (SSSR count). The molecule has 2 aromatic rings. The zero-order valence-electron chi connectivity index (χ0n) is 17.7. The molecule has 3 heterocycles. The molecule has 0 aliphatic carbocycles. The summed E-state index contributed by atoms with van der Waals surface area (Å²) in [6.45, 7) is 6.55. The maximum Gasteiger partial charge on any atom is 0.290 e. The van der Waals surface area contributed by atoms with Crippen LogP contribution in [0.25, 0.3) is 0 Å². The summed E-state index contributed by atoms with van der Waals surface area (Å²) in [5.74, 6) is -1.89. The monoisotopic (exact) mass is 443 g/mol. The number of rotatable bonds is 6. The second kappa shape index (κ2) is 8.88. The summed E-state index contributed by atoms with van der Waals surface area (Å²) < 4.78 is 13.6. The van der Waals surface area contributed by atoms with E-state index in [1.807, 2.05) is 6.92 Å². The summed E-state index contributed by atoms with van der Waals surface area (Å²) in [4.78, 5) is 35.0. The normalized spacial score (nSPS) is 20.0. The first-order chi connectivity index (χ1) is 14.9. The van der Waals surface area contributed by atoms with Crippen LogP contribution in [0.1, 0.15) is 51.2 Å². The average molecular weight is 444 g/mol. The van der Waals surface area contributed by atoms with E-state index < -0.39 is 29.3 Å². The molecule has 0 spiro atoms. The van der Waals surface area contributed by atoms with Crippen molar-refractivity contribution in [3.63, 3.8) is 0 Å². The molecule has 2 aliphatic rings. The lowest BCUT2D eigenvalue weighted by atomic mass is 9.95. The minimum Gasteiger partial charge on any atom is -0.503 e. The van der Waals surface area contributed by atoms with Crippen LogP contribution < -0.4 is 0 Å². The number of hydrogen-bond acceptors (Lipinski definition) is 6. The molecule has 164 valence electrons. The zero-order valence-corrected chi connectivity index (χ0v) is 18.5. The van der Waals surface area contributed by atoms with Gasteiger partial charge in [0.15, 0.2) is 5.76 Å². The van der Waals surface area contributed by atoms with E-state index in [4.69, 9.17) is 0 Å². The fraction of sp³-hybridized carbons (Fsp3) is 0.435. The van der Waals surface area contributed by atoms with Crippen molar-refractivity contribution in [3.05, 3.63) is 62.6 Å². The van der Waals surface area contributed by atoms with Gasteiger partial charge in [0.1, 0.15) is 5.82 Å². The molecule has 8 heteroatoms. The number of hydrogen-bond donors (Lipinski definition) is 1. The molecule has 1 aromatic carbocycles. The summed E-state index contributed by atoms with van der Waals surface area (Å²) in [7, 11) is 0. The number of likely N-dealkylation sites (tertiary alicyclic amines) is 1. The van der Waals surface area contributed by atoms with Crippen molar-refractivity contribution in [1.29, 1.82) is 0 Å². The number of amides is 1. The van der Waals surface area contributed by atoms with Gasteiger partial charge in [0, 0.05) is 13.1 Å². The molecule has 1 atom stereocenters. The number of thiazole rings is 1. The van der Waals surface area contributed by atoms with Gasteiger partial charge < -0.3 is 14.9 Å². The van der Waals surface area contributed by atoms with Crippen LogP contribution in [0.2, 0.25) is 0 Å². The average Bonchev–Trinajstić information content (AvgIpc) is 3.23. The third kappa shape index (κ3) is 4.27. The fourth-order valence-corrected chi connectivity index (χ4v) is 5.28. The highest BCUT2D eigenvalue weighted by molar-refractivity contribution is 7.14. The van der Waals surface area contributed by atoms with Gasteiger partial charge in [-0.2, -0.15) is 0 Å². The first kappa shape index (κ1) is 21.6. The number of nitrogens with zero attached hydrogens (tertiary/aromatic N) is 3. The van der Waals surface area contributed by atoms with Crippen LogP contribution in [0.5, 0.6) is 0 Å². The molecular weight excluding hydrogens is 417 g/mol. The molecule has 2 aliphatic heterocycles. The van der Waals surface area contributed by atoms with E-state index in [2.05, 4.69) is 9.88 Å². The Balaban J connectivity index is 1.69. The van der Waals surface area contributed by atoms with Crippen molar-refractivity contribution in [2.45, 2.75) is 39.2 Å². The maximum absolute atomic E-state index is 13.6. The van der Waals surface area contributed by atoms with Crippen LogP contribution >= 0.6 is 11.3 Å². The number of aliphatic hydroxyl groups is 1. The highest BCUT2D eigenvalue weighted by atomic mass is 32.1. The van der Waals surface area contributed by atoms with Gasteiger partial charge in [0.05, 0.1) is 27.2 Å². The Bertz CT molecular complexity index is 1030. The van der Waals surface area contributed by atoms with Crippen LogP contribution in [-0.2, 0) is 4.79 Å². The molecule has 0 saturated carbocycles. The Labute approximate surface area is 185 Å². The van der Waals surface area contributed by atoms with E-state index in [1.165, 1.54) is 34.8 Å². The largest absolute Gasteiger partial charge is 0.503 e. The lowest BCUT2D eigenvalue weighted by Gasteiger charge is -2.31. The summed E-state index contributed by atoms with van der Waals surface area (Å²) >= 11 is 1.25. The molecule has 1 aromatic heterocycles. The van der Waals surface area contributed by atoms with E-state index in [1.54, 1.807) is 19.1 Å². The molecule has 31 heavy (non-hydrogen) atoms. The highest BCUT2D eigenvalue weighted by Crippen LogP contribution is 2.40. The number of carbonyl (C=O) groups is 2. The lowest BCUT2D eigenvalue weighted by Crippen LogP contribution is -2.40. The van der Waals surface area contributed by atoms with Crippen LogP contribution in [0.3, 0.4) is 0 Å². The predicted octanol–water partition coefficient (Wildman–Crippen LogP) is 3.96. The lowest BCUT2D eigenvalue weighted by molar-refractivity contribution is -0.129. The first-order valence-electron chi connectivity index (χ1n) is 10.6. The van der Waals surface area contributed by atoms with Gasteiger partial charge in [0.2, 0.25) is 5.78 Å². The maximum atomic E-state index is 13.6. The van der Waals surface area contributed by atoms with Crippen LogP contribution in [-0.4, -0.2) is 57.8 Å². The summed E-state index contributed by atoms with van der Waals surface area (Å²) in [6, 6.07) is 4.99. The molecule has 1 N–H and O–H groups in total. The van der Waals surface area contributed by atoms with Gasteiger partial charge in [0.25, 0.3) is 5.91 Å². The van der Waals surface area contributed by atoms with Crippen molar-refractivity contribution < 1.29 is 19.1 Å². The van der Waals surface area contributed by atoms with E-state index in [0.717, 1.165) is 30.9 Å². The third-order valence-electron chi connectivity index (χ3n) is 5.95. The number of carbonyl (C=O) groups excluding carboxylic acids is 2. The number of aliphatic hydroxyl groups excluding tert-OH is 1. The van der Waals surface area contributed by atoms with Crippen molar-refractivity contribution in [2.75, 3.05) is 26.2 Å². The van der Waals surface area contributed by atoms with Crippen molar-refractivity contribution >= 4 is 23.0 Å². The van der Waals surface area contributed by atoms with Gasteiger partial charge in [-0.05, 0) is 57.5 Å². The van der Waals surface area contributed by atoms with E-state index >= 15 is 0 Å². The van der Waals surface area contributed by atoms with Crippen molar-refractivity contribution in [2.24, 2.45) is 0 Å². The van der Waals surface area contributed by atoms with E-state index in [-0.39, 0.29) is 5.57 Å². The standard InChI is InChI=1S/C23H26FN3O3S/c1-14-22(31-15(2)25-14)20(28)18-19(16-6-8-17(24)9-7-16)27(23(30)21(18)29)13-12-26-10-4-3-5-11-26/h6-9,19,29H,3-5,10-13H2,1-2H3. The Morgan fingerprint density at radius 3 is 2.45 bits per heavy atom. The van der Waals surface area contributed by atoms with Gasteiger partial charge in [-0.25, -0.2) is 9.37 Å². The molecule has 6 nitrogen and oxygen atoms in total. The molecule has 1 unspecified atom stereocenters. The molecule has 1 amide bonds. The highest BCUT2D eigenvalue weighted by Gasteiger charge is 2.44. The number of aromatic nitrogens is 1. The molecule has 1 fully saturated rings. The molecule has 0 radical (unpaired) electrons. The number of Topliss-reactive ketones (excluding diaryl/α,β-unsaturated/α-hetero) is 1. The Morgan fingerprint density at radius 2 is 1.84 bits per heavy atom. The minimum atomic E-state index is -0.757. The third-order valence-corrected chi connectivity index (χ3v) is 7.02. The van der Waals surface area contributed by atoms with Crippen LogP contribution in [0.4, 0.5) is 4.39 Å². The summed E-state index contributed by atoms with van der Waals surface area (Å²) in [5.41, 5.74) is 1.21. The SMILES string of the molecule is Cc1nc(C)c(C(=O)C2=C(O)C(=O)N(CCN3CCCCC3)C2c2ccc(F)cc2)s1. The Kier molecular flexibility index (Phi) is 6.20. The van der Waals surface area contributed by atoms with E-state index in [9.17, 15) is 19.1 Å². The van der Waals surface area contributed by atoms with Gasteiger partial charge in [-0.15, -0.1) is 11.3 Å². The number of halogens is 1. The Morgan fingerprint density at radius 1 is 1.16 bits per heavy atom. The van der Waals surface area contributed by atoms with Gasteiger partial charge in [-0.3, -0.25) is 9.59 Å². The predicted molar refractivity (Wildman–Crippen MR) is 117 cm³/mol. The van der Waals surface area contributed by atoms with Gasteiger partial charge in [-0.1, -0.05) is 18.6 Å². The molecule has 1 saturated heterocycles. The number of aryl methyl sites for hydroxylation is 2. The van der Waals surface area contributed by atoms with Gasteiger partial charge >= 0.3 is 0 Å². The molecule has 0 bridgehead atoms. The fourth-order valence-electron chi connectivity index (χ4n) is 4.40. The minimum absolute atomic E-state index is 0.0435. The van der Waals surface area contributed by atoms with Crippen LogP contribution in [0, 0.1) is 19.7 Å². The Hall–Kier alpha value is -2.58. The summed E-state index contributed by atoms with van der Waals surface area (Å²) in [6.07, 6.45) is 3.48. The molecular formula is C23H26FN3O3S. The number of ketones is 1. The smallest absolute Gasteiger partial charge is 0.290 e. The number of benzene rings is 1. The topological polar surface area (TPSA) is 73.7 Å². The van der Waals surface area contributed by atoms with Crippen LogP contribution in [0.15, 0.2) is 35.6 Å². The van der Waals surface area contributed by atoms with Crippen molar-refractivity contribution in [3.8, 4) is 0 Å². The van der Waals surface area contributed by atoms with Crippen molar-refractivity contribution in [1.82, 2.24) is 14.8 Å². The zero-order chi connectivity index (χ0) is 22.1. The van der Waals surface area contributed by atoms with E-state index in [0.29, 0.717) is 29.2 Å².